The normalized spacial score (nSPS) is 21.3. The molecule has 7 nitrogen and oxygen atoms in total. The predicted molar refractivity (Wildman–Crippen MR) is 70.7 cm³/mol. The van der Waals surface area contributed by atoms with Crippen molar-refractivity contribution in [2.75, 3.05) is 11.5 Å². The van der Waals surface area contributed by atoms with Crippen LogP contribution in [0.25, 0.3) is 0 Å². The van der Waals surface area contributed by atoms with E-state index in [2.05, 4.69) is 4.72 Å². The molecule has 1 aliphatic rings. The number of carboxylic acid groups (broad SMARTS) is 1. The number of hydrogen-bond donors (Lipinski definition) is 2. The van der Waals surface area contributed by atoms with Gasteiger partial charge in [0, 0.05) is 6.04 Å². The number of carbonyl (C=O) groups is 1. The zero-order chi connectivity index (χ0) is 15.8. The average Bonchev–Trinajstić information content (AvgIpc) is 2.67. The first kappa shape index (κ1) is 15.9. The molecule has 0 saturated carbocycles. The van der Waals surface area contributed by atoms with E-state index < -0.39 is 42.6 Å². The zero-order valence-corrected chi connectivity index (χ0v) is 12.2. The summed E-state index contributed by atoms with van der Waals surface area (Å²) in [7, 11) is -7.53. The van der Waals surface area contributed by atoms with E-state index in [1.165, 1.54) is 0 Å². The molecule has 1 aromatic rings. The van der Waals surface area contributed by atoms with Crippen molar-refractivity contribution >= 4 is 25.8 Å². The molecule has 0 radical (unpaired) electrons. The van der Waals surface area contributed by atoms with Gasteiger partial charge in [0.1, 0.15) is 10.7 Å². The second-order valence-corrected chi connectivity index (χ2v) is 8.58. The Labute approximate surface area is 120 Å². The fourth-order valence-electron chi connectivity index (χ4n) is 2.02. The van der Waals surface area contributed by atoms with Crippen LogP contribution >= 0.6 is 0 Å². The van der Waals surface area contributed by atoms with Gasteiger partial charge in [-0.3, -0.25) is 0 Å². The van der Waals surface area contributed by atoms with Gasteiger partial charge in [0.25, 0.3) is 0 Å². The van der Waals surface area contributed by atoms with Gasteiger partial charge in [-0.05, 0) is 24.6 Å². The molecule has 0 aromatic heterocycles. The van der Waals surface area contributed by atoms with Gasteiger partial charge in [0.05, 0.1) is 17.1 Å². The van der Waals surface area contributed by atoms with Crippen molar-refractivity contribution < 1.29 is 31.1 Å². The molecule has 1 heterocycles. The van der Waals surface area contributed by atoms with Gasteiger partial charge < -0.3 is 5.11 Å². The Balaban J connectivity index is 2.26. The van der Waals surface area contributed by atoms with Gasteiger partial charge in [-0.1, -0.05) is 0 Å². The van der Waals surface area contributed by atoms with Crippen LogP contribution in [0.5, 0.6) is 0 Å². The number of aromatic carboxylic acids is 1. The lowest BCUT2D eigenvalue weighted by atomic mass is 10.2. The largest absolute Gasteiger partial charge is 0.478 e. The molecule has 0 bridgehead atoms. The van der Waals surface area contributed by atoms with Crippen LogP contribution in [0.4, 0.5) is 4.39 Å². The topological polar surface area (TPSA) is 118 Å². The third-order valence-electron chi connectivity index (χ3n) is 3.02. The maximum Gasteiger partial charge on any atom is 0.335 e. The number of rotatable bonds is 4. The quantitative estimate of drug-likeness (QED) is 0.798. The monoisotopic (exact) mass is 337 g/mol. The van der Waals surface area contributed by atoms with E-state index in [0.717, 1.165) is 12.1 Å². The lowest BCUT2D eigenvalue weighted by molar-refractivity contribution is 0.0696. The van der Waals surface area contributed by atoms with Gasteiger partial charge >= 0.3 is 5.97 Å². The molecule has 1 aromatic carbocycles. The van der Waals surface area contributed by atoms with Gasteiger partial charge in [-0.2, -0.15) is 0 Å². The molecule has 10 heteroatoms. The highest BCUT2D eigenvalue weighted by atomic mass is 32.2. The lowest BCUT2D eigenvalue weighted by Gasteiger charge is -2.12. The van der Waals surface area contributed by atoms with Crippen LogP contribution < -0.4 is 4.72 Å². The molecule has 1 fully saturated rings. The molecule has 2 N–H and O–H groups in total. The van der Waals surface area contributed by atoms with E-state index in [9.17, 15) is 26.0 Å². The Morgan fingerprint density at radius 1 is 1.38 bits per heavy atom. The van der Waals surface area contributed by atoms with Crippen LogP contribution in [0.2, 0.25) is 0 Å². The van der Waals surface area contributed by atoms with E-state index in [4.69, 9.17) is 5.11 Å². The summed E-state index contributed by atoms with van der Waals surface area (Å²) in [6.07, 6.45) is 0.121. The summed E-state index contributed by atoms with van der Waals surface area (Å²) in [5.41, 5.74) is -0.380. The number of benzene rings is 1. The Bertz CT molecular complexity index is 787. The van der Waals surface area contributed by atoms with Crippen molar-refractivity contribution in [3.63, 3.8) is 0 Å². The van der Waals surface area contributed by atoms with Crippen LogP contribution in [0, 0.1) is 5.82 Å². The fourth-order valence-corrected chi connectivity index (χ4v) is 5.13. The van der Waals surface area contributed by atoms with Gasteiger partial charge in [-0.25, -0.2) is 30.7 Å². The number of nitrogens with one attached hydrogen (secondary N) is 1. The standard InChI is InChI=1S/C11H12FNO6S2/c12-9-5-7(11(14)15)1-2-10(9)21(18,19)13-8-3-4-20(16,17)6-8/h1-2,5,8,13H,3-4,6H2,(H,14,15). The first-order valence-corrected chi connectivity index (χ1v) is 9.17. The van der Waals surface area contributed by atoms with Crippen molar-refractivity contribution in [3.8, 4) is 0 Å². The van der Waals surface area contributed by atoms with E-state index in [0.29, 0.717) is 6.07 Å². The first-order valence-electron chi connectivity index (χ1n) is 5.86. The second-order valence-electron chi connectivity index (χ2n) is 4.67. The summed E-state index contributed by atoms with van der Waals surface area (Å²) < 4.78 is 62.4. The SMILES string of the molecule is O=C(O)c1ccc(S(=O)(=O)NC2CCS(=O)(=O)C2)c(F)c1. The summed E-state index contributed by atoms with van der Waals surface area (Å²) in [5.74, 6) is -3.04. The molecule has 21 heavy (non-hydrogen) atoms. The van der Waals surface area contributed by atoms with Gasteiger partial charge in [0.15, 0.2) is 9.84 Å². The molecule has 1 unspecified atom stereocenters. The fraction of sp³-hybridized carbons (Fsp3) is 0.364. The minimum Gasteiger partial charge on any atom is -0.478 e. The molecule has 2 rings (SSSR count). The van der Waals surface area contributed by atoms with Crippen molar-refractivity contribution in [1.29, 1.82) is 0 Å². The van der Waals surface area contributed by atoms with Crippen LogP contribution in [-0.2, 0) is 19.9 Å². The number of sulfonamides is 1. The summed E-state index contributed by atoms with van der Waals surface area (Å²) in [6.45, 7) is 0. The number of carboxylic acids is 1. The molecular formula is C11H12FNO6S2. The highest BCUT2D eigenvalue weighted by molar-refractivity contribution is 7.92. The van der Waals surface area contributed by atoms with Gasteiger partial charge in [-0.15, -0.1) is 0 Å². The molecule has 0 aliphatic carbocycles. The Morgan fingerprint density at radius 2 is 2.05 bits per heavy atom. The third-order valence-corrected chi connectivity index (χ3v) is 6.34. The van der Waals surface area contributed by atoms with Crippen LogP contribution in [-0.4, -0.2) is 45.5 Å². The van der Waals surface area contributed by atoms with Crippen molar-refractivity contribution in [1.82, 2.24) is 4.72 Å². The van der Waals surface area contributed by atoms with E-state index >= 15 is 0 Å². The summed E-state index contributed by atoms with van der Waals surface area (Å²) in [5, 5.41) is 8.69. The number of hydrogen-bond acceptors (Lipinski definition) is 5. The smallest absolute Gasteiger partial charge is 0.335 e. The molecule has 116 valence electrons. The van der Waals surface area contributed by atoms with E-state index in [1.807, 2.05) is 0 Å². The Morgan fingerprint density at radius 3 is 2.52 bits per heavy atom. The Hall–Kier alpha value is -1.52. The van der Waals surface area contributed by atoms with Crippen molar-refractivity contribution in [3.05, 3.63) is 29.6 Å². The second kappa shape index (κ2) is 5.35. The van der Waals surface area contributed by atoms with Gasteiger partial charge in [0.2, 0.25) is 10.0 Å². The zero-order valence-electron chi connectivity index (χ0n) is 10.6. The number of sulfone groups is 1. The minimum absolute atomic E-state index is 0.121. The summed E-state index contributed by atoms with van der Waals surface area (Å²) >= 11 is 0. The van der Waals surface area contributed by atoms with Crippen molar-refractivity contribution in [2.24, 2.45) is 0 Å². The maximum atomic E-state index is 13.7. The molecule has 1 aliphatic heterocycles. The van der Waals surface area contributed by atoms with Crippen LogP contribution in [0.15, 0.2) is 23.1 Å². The predicted octanol–water partition coefficient (Wildman–Crippen LogP) is -0.0107. The molecular weight excluding hydrogens is 325 g/mol. The van der Waals surface area contributed by atoms with Crippen molar-refractivity contribution in [2.45, 2.75) is 17.4 Å². The first-order chi connectivity index (χ1) is 9.61. The highest BCUT2D eigenvalue weighted by Gasteiger charge is 2.32. The van der Waals surface area contributed by atoms with Crippen LogP contribution in [0.3, 0.4) is 0 Å². The average molecular weight is 337 g/mol. The summed E-state index contributed by atoms with van der Waals surface area (Å²) in [4.78, 5) is 9.95. The molecule has 0 spiro atoms. The molecule has 1 atom stereocenters. The Kier molecular flexibility index (Phi) is 4.04. The lowest BCUT2D eigenvalue weighted by Crippen LogP contribution is -2.36. The highest BCUT2D eigenvalue weighted by Crippen LogP contribution is 2.19. The minimum atomic E-state index is -4.25. The number of halogens is 1. The molecule has 0 amide bonds. The van der Waals surface area contributed by atoms with E-state index in [1.54, 1.807) is 0 Å². The van der Waals surface area contributed by atoms with E-state index in [-0.39, 0.29) is 23.5 Å². The molecule has 1 saturated heterocycles. The third kappa shape index (κ3) is 3.57. The van der Waals surface area contributed by atoms with Crippen LogP contribution in [0.1, 0.15) is 16.8 Å². The maximum absolute atomic E-state index is 13.7. The summed E-state index contributed by atoms with van der Waals surface area (Å²) in [6, 6.07) is 1.59.